The minimum Gasteiger partial charge on any atom is -0.454 e. The predicted molar refractivity (Wildman–Crippen MR) is 96.4 cm³/mol. The van der Waals surface area contributed by atoms with Gasteiger partial charge in [0.1, 0.15) is 0 Å². The second-order valence-electron chi connectivity index (χ2n) is 5.62. The molecular formula is C18H19BrN2O3. The van der Waals surface area contributed by atoms with Gasteiger partial charge in [0.2, 0.25) is 12.7 Å². The Hall–Kier alpha value is -2.05. The molecule has 0 aromatic heterocycles. The molecule has 1 aliphatic heterocycles. The largest absolute Gasteiger partial charge is 0.454 e. The zero-order valence-corrected chi connectivity index (χ0v) is 15.0. The summed E-state index contributed by atoms with van der Waals surface area (Å²) in [5, 5.41) is 6.20. The third-order valence-corrected chi connectivity index (χ3v) is 4.25. The molecule has 3 rings (SSSR count). The van der Waals surface area contributed by atoms with Crippen molar-refractivity contribution in [3.63, 3.8) is 0 Å². The molecule has 1 heterocycles. The van der Waals surface area contributed by atoms with Crippen LogP contribution in [0.2, 0.25) is 0 Å². The van der Waals surface area contributed by atoms with Gasteiger partial charge in [-0.1, -0.05) is 22.0 Å². The molecule has 2 aromatic carbocycles. The summed E-state index contributed by atoms with van der Waals surface area (Å²) in [7, 11) is 0. The van der Waals surface area contributed by atoms with Crippen molar-refractivity contribution in [2.24, 2.45) is 0 Å². The molecule has 6 heteroatoms. The fraction of sp³-hybridized carbons (Fsp3) is 0.278. The number of halogens is 1. The molecule has 0 aliphatic carbocycles. The molecule has 0 saturated heterocycles. The van der Waals surface area contributed by atoms with Gasteiger partial charge in [-0.15, -0.1) is 0 Å². The predicted octanol–water partition coefficient (Wildman–Crippen LogP) is 3.60. The van der Waals surface area contributed by atoms with Gasteiger partial charge in [0, 0.05) is 29.7 Å². The van der Waals surface area contributed by atoms with E-state index in [1.165, 1.54) is 0 Å². The highest BCUT2D eigenvalue weighted by atomic mass is 79.9. The zero-order valence-electron chi connectivity index (χ0n) is 13.4. The maximum Gasteiger partial charge on any atom is 0.231 e. The Balaban J connectivity index is 1.42. The van der Waals surface area contributed by atoms with Crippen LogP contribution in [0.3, 0.4) is 0 Å². The Kier molecular flexibility index (Phi) is 5.37. The second-order valence-corrected chi connectivity index (χ2v) is 6.54. The van der Waals surface area contributed by atoms with Gasteiger partial charge in [-0.2, -0.15) is 0 Å². The van der Waals surface area contributed by atoms with Gasteiger partial charge in [0.15, 0.2) is 11.5 Å². The van der Waals surface area contributed by atoms with Crippen LogP contribution in [0.25, 0.3) is 0 Å². The summed E-state index contributed by atoms with van der Waals surface area (Å²) in [6.07, 6.45) is 0.417. The van der Waals surface area contributed by atoms with E-state index in [4.69, 9.17) is 9.47 Å². The van der Waals surface area contributed by atoms with Crippen LogP contribution in [0, 0.1) is 6.92 Å². The SMILES string of the molecule is Cc1cc(Br)ccc1NC(=O)CCNCc1ccc2c(c1)OCO2. The van der Waals surface area contributed by atoms with Gasteiger partial charge < -0.3 is 20.1 Å². The van der Waals surface area contributed by atoms with E-state index in [2.05, 4.69) is 26.6 Å². The van der Waals surface area contributed by atoms with Crippen LogP contribution in [0.15, 0.2) is 40.9 Å². The molecule has 5 nitrogen and oxygen atoms in total. The summed E-state index contributed by atoms with van der Waals surface area (Å²) < 4.78 is 11.6. The van der Waals surface area contributed by atoms with Crippen molar-refractivity contribution in [2.75, 3.05) is 18.7 Å². The molecular weight excluding hydrogens is 372 g/mol. The Morgan fingerprint density at radius 3 is 2.83 bits per heavy atom. The summed E-state index contributed by atoms with van der Waals surface area (Å²) in [5.74, 6) is 1.55. The molecule has 2 N–H and O–H groups in total. The lowest BCUT2D eigenvalue weighted by atomic mass is 10.2. The molecule has 0 bridgehead atoms. The zero-order chi connectivity index (χ0) is 16.9. The molecule has 1 amide bonds. The van der Waals surface area contributed by atoms with E-state index >= 15 is 0 Å². The molecule has 0 radical (unpaired) electrons. The maximum atomic E-state index is 12.0. The first-order chi connectivity index (χ1) is 11.6. The van der Waals surface area contributed by atoms with Gasteiger partial charge in [-0.25, -0.2) is 0 Å². The van der Waals surface area contributed by atoms with Crippen LogP contribution in [-0.4, -0.2) is 19.2 Å². The van der Waals surface area contributed by atoms with E-state index in [-0.39, 0.29) is 12.7 Å². The van der Waals surface area contributed by atoms with Crippen molar-refractivity contribution in [1.82, 2.24) is 5.32 Å². The lowest BCUT2D eigenvalue weighted by Crippen LogP contribution is -2.21. The smallest absolute Gasteiger partial charge is 0.231 e. The number of aryl methyl sites for hydroxylation is 1. The number of hydrogen-bond donors (Lipinski definition) is 2. The Morgan fingerprint density at radius 1 is 1.17 bits per heavy atom. The van der Waals surface area contributed by atoms with E-state index in [1.807, 2.05) is 43.3 Å². The first kappa shape index (κ1) is 16.8. The number of carbonyl (C=O) groups excluding carboxylic acids is 1. The first-order valence-corrected chi connectivity index (χ1v) is 8.56. The quantitative estimate of drug-likeness (QED) is 0.739. The van der Waals surface area contributed by atoms with Gasteiger partial charge in [-0.05, 0) is 48.4 Å². The van der Waals surface area contributed by atoms with Crippen molar-refractivity contribution in [2.45, 2.75) is 19.9 Å². The van der Waals surface area contributed by atoms with Gasteiger partial charge in [0.25, 0.3) is 0 Å². The lowest BCUT2D eigenvalue weighted by Gasteiger charge is -2.09. The molecule has 0 unspecified atom stereocenters. The maximum absolute atomic E-state index is 12.0. The minimum absolute atomic E-state index is 0.00129. The van der Waals surface area contributed by atoms with E-state index in [0.717, 1.165) is 32.8 Å². The van der Waals surface area contributed by atoms with E-state index in [0.29, 0.717) is 19.5 Å². The third kappa shape index (κ3) is 4.27. The van der Waals surface area contributed by atoms with Gasteiger partial charge in [0.05, 0.1) is 0 Å². The van der Waals surface area contributed by atoms with Crippen molar-refractivity contribution in [3.8, 4) is 11.5 Å². The van der Waals surface area contributed by atoms with E-state index in [9.17, 15) is 4.79 Å². The summed E-state index contributed by atoms with van der Waals surface area (Å²) in [5.41, 5.74) is 2.98. The number of nitrogens with one attached hydrogen (secondary N) is 2. The topological polar surface area (TPSA) is 59.6 Å². The average Bonchev–Trinajstić information content (AvgIpc) is 3.02. The number of ether oxygens (including phenoxy) is 2. The molecule has 0 fully saturated rings. The number of rotatable bonds is 6. The third-order valence-electron chi connectivity index (χ3n) is 3.76. The Labute approximate surface area is 149 Å². The van der Waals surface area contributed by atoms with Crippen LogP contribution in [0.4, 0.5) is 5.69 Å². The summed E-state index contributed by atoms with van der Waals surface area (Å²) >= 11 is 3.42. The molecule has 2 aromatic rings. The summed E-state index contributed by atoms with van der Waals surface area (Å²) in [6, 6.07) is 11.7. The first-order valence-electron chi connectivity index (χ1n) is 7.77. The minimum atomic E-state index is -0.00129. The van der Waals surface area contributed by atoms with Crippen molar-refractivity contribution >= 4 is 27.5 Å². The number of hydrogen-bond acceptors (Lipinski definition) is 4. The highest BCUT2D eigenvalue weighted by molar-refractivity contribution is 9.10. The Bertz CT molecular complexity index is 749. The average molecular weight is 391 g/mol. The number of amides is 1. The van der Waals surface area contributed by atoms with Gasteiger partial charge in [-0.3, -0.25) is 4.79 Å². The number of carbonyl (C=O) groups is 1. The number of anilines is 1. The van der Waals surface area contributed by atoms with Gasteiger partial charge >= 0.3 is 0 Å². The fourth-order valence-electron chi connectivity index (χ4n) is 2.47. The van der Waals surface area contributed by atoms with Crippen LogP contribution in [-0.2, 0) is 11.3 Å². The molecule has 24 heavy (non-hydrogen) atoms. The normalized spacial score (nSPS) is 12.2. The summed E-state index contributed by atoms with van der Waals surface area (Å²) in [6.45, 7) is 3.54. The molecule has 126 valence electrons. The van der Waals surface area contributed by atoms with Crippen LogP contribution < -0.4 is 20.1 Å². The van der Waals surface area contributed by atoms with E-state index in [1.54, 1.807) is 0 Å². The molecule has 0 spiro atoms. The number of fused-ring (bicyclic) bond motifs is 1. The standard InChI is InChI=1S/C18H19BrN2O3/c1-12-8-14(19)3-4-15(12)21-18(22)6-7-20-10-13-2-5-16-17(9-13)24-11-23-16/h2-5,8-9,20H,6-7,10-11H2,1H3,(H,21,22). The fourth-order valence-corrected chi connectivity index (χ4v) is 2.94. The Morgan fingerprint density at radius 2 is 2.00 bits per heavy atom. The monoisotopic (exact) mass is 390 g/mol. The van der Waals surface area contributed by atoms with E-state index < -0.39 is 0 Å². The van der Waals surface area contributed by atoms with Crippen LogP contribution in [0.1, 0.15) is 17.5 Å². The highest BCUT2D eigenvalue weighted by Crippen LogP contribution is 2.32. The molecule has 1 aliphatic rings. The van der Waals surface area contributed by atoms with Crippen LogP contribution >= 0.6 is 15.9 Å². The lowest BCUT2D eigenvalue weighted by molar-refractivity contribution is -0.116. The van der Waals surface area contributed by atoms with Crippen molar-refractivity contribution < 1.29 is 14.3 Å². The van der Waals surface area contributed by atoms with Crippen LogP contribution in [0.5, 0.6) is 11.5 Å². The van der Waals surface area contributed by atoms with Crippen molar-refractivity contribution in [1.29, 1.82) is 0 Å². The van der Waals surface area contributed by atoms with Crippen molar-refractivity contribution in [3.05, 3.63) is 52.0 Å². The second kappa shape index (κ2) is 7.68. The summed E-state index contributed by atoms with van der Waals surface area (Å²) in [4.78, 5) is 12.0. The molecule has 0 saturated carbocycles. The number of benzene rings is 2. The highest BCUT2D eigenvalue weighted by Gasteiger charge is 2.13. The molecule has 0 atom stereocenters.